The Morgan fingerprint density at radius 3 is 2.89 bits per heavy atom. The summed E-state index contributed by atoms with van der Waals surface area (Å²) in [5.74, 6) is 0.662. The van der Waals surface area contributed by atoms with Crippen LogP contribution in [0.2, 0.25) is 0 Å². The van der Waals surface area contributed by atoms with Crippen LogP contribution in [0, 0.1) is 0 Å². The number of ether oxygens (including phenoxy) is 1. The third-order valence-electron chi connectivity index (χ3n) is 2.82. The van der Waals surface area contributed by atoms with Crippen molar-refractivity contribution in [2.75, 3.05) is 7.11 Å². The second-order valence-corrected chi connectivity index (χ2v) is 4.78. The lowest BCUT2D eigenvalue weighted by molar-refractivity contribution is 0.203. The number of halogens is 1. The molecule has 1 unspecified atom stereocenters. The van der Waals surface area contributed by atoms with Gasteiger partial charge in [-0.3, -0.25) is 4.68 Å². The molecule has 2 aromatic rings. The van der Waals surface area contributed by atoms with E-state index in [0.717, 1.165) is 22.3 Å². The van der Waals surface area contributed by atoms with Crippen molar-refractivity contribution in [2.24, 2.45) is 0 Å². The van der Waals surface area contributed by atoms with Crippen molar-refractivity contribution >= 4 is 15.9 Å². The highest BCUT2D eigenvalue weighted by molar-refractivity contribution is 9.10. The van der Waals surface area contributed by atoms with Crippen LogP contribution in [0.15, 0.2) is 34.9 Å². The van der Waals surface area contributed by atoms with E-state index in [1.165, 1.54) is 0 Å². The quantitative estimate of drug-likeness (QED) is 0.944. The lowest BCUT2D eigenvalue weighted by atomic mass is 10.1. The number of rotatable bonds is 4. The van der Waals surface area contributed by atoms with Crippen LogP contribution in [0.1, 0.15) is 24.3 Å². The molecule has 0 aliphatic carbocycles. The summed E-state index contributed by atoms with van der Waals surface area (Å²) in [5.41, 5.74) is 1.48. The summed E-state index contributed by atoms with van der Waals surface area (Å²) < 4.78 is 7.95. The van der Waals surface area contributed by atoms with Gasteiger partial charge in [-0.05, 0) is 31.2 Å². The van der Waals surface area contributed by atoms with Crippen LogP contribution in [0.3, 0.4) is 0 Å². The standard InChI is InChI=1S/C13H15BrN2O2/c1-3-16-11(6-7-15-16)13(17)10-8-9(14)4-5-12(10)18-2/h4-8,13,17H,3H2,1-2H3. The Morgan fingerprint density at radius 1 is 1.44 bits per heavy atom. The van der Waals surface area contributed by atoms with Gasteiger partial charge in [0, 0.05) is 22.8 Å². The number of hydrogen-bond acceptors (Lipinski definition) is 3. The third-order valence-corrected chi connectivity index (χ3v) is 3.31. The Hall–Kier alpha value is -1.33. The van der Waals surface area contributed by atoms with E-state index in [1.807, 2.05) is 31.2 Å². The van der Waals surface area contributed by atoms with E-state index >= 15 is 0 Å². The molecule has 18 heavy (non-hydrogen) atoms. The van der Waals surface area contributed by atoms with Gasteiger partial charge >= 0.3 is 0 Å². The predicted molar refractivity (Wildman–Crippen MR) is 72.7 cm³/mol. The zero-order valence-electron chi connectivity index (χ0n) is 10.3. The van der Waals surface area contributed by atoms with Gasteiger partial charge < -0.3 is 9.84 Å². The maximum absolute atomic E-state index is 10.5. The SMILES string of the molecule is CCn1nccc1C(O)c1cc(Br)ccc1OC. The molecule has 1 N–H and O–H groups in total. The Bertz CT molecular complexity index is 540. The number of aliphatic hydroxyl groups is 1. The fraction of sp³-hybridized carbons (Fsp3) is 0.308. The van der Waals surface area contributed by atoms with E-state index in [4.69, 9.17) is 4.74 Å². The van der Waals surface area contributed by atoms with E-state index in [-0.39, 0.29) is 0 Å². The molecule has 5 heteroatoms. The van der Waals surface area contributed by atoms with Crippen molar-refractivity contribution in [2.45, 2.75) is 19.6 Å². The van der Waals surface area contributed by atoms with Gasteiger partial charge in [0.25, 0.3) is 0 Å². The summed E-state index contributed by atoms with van der Waals surface area (Å²) in [4.78, 5) is 0. The number of benzene rings is 1. The molecule has 2 rings (SSSR count). The minimum atomic E-state index is -0.750. The molecule has 4 nitrogen and oxygen atoms in total. The molecule has 0 amide bonds. The van der Waals surface area contributed by atoms with E-state index in [2.05, 4.69) is 21.0 Å². The van der Waals surface area contributed by atoms with Gasteiger partial charge in [-0.25, -0.2) is 0 Å². The monoisotopic (exact) mass is 310 g/mol. The van der Waals surface area contributed by atoms with Gasteiger partial charge in [0.1, 0.15) is 11.9 Å². The van der Waals surface area contributed by atoms with E-state index < -0.39 is 6.10 Å². The van der Waals surface area contributed by atoms with Crippen LogP contribution in [0.25, 0.3) is 0 Å². The Balaban J connectivity index is 2.45. The normalized spacial score (nSPS) is 12.4. The molecule has 0 radical (unpaired) electrons. The lowest BCUT2D eigenvalue weighted by Crippen LogP contribution is -2.10. The number of aryl methyl sites for hydroxylation is 1. The lowest BCUT2D eigenvalue weighted by Gasteiger charge is -2.16. The van der Waals surface area contributed by atoms with E-state index in [0.29, 0.717) is 5.75 Å². The van der Waals surface area contributed by atoms with Crippen molar-refractivity contribution in [3.8, 4) is 5.75 Å². The molecule has 0 aliphatic rings. The molecule has 1 aromatic heterocycles. The van der Waals surface area contributed by atoms with Crippen molar-refractivity contribution in [1.82, 2.24) is 9.78 Å². The Kier molecular flexibility index (Phi) is 4.04. The highest BCUT2D eigenvalue weighted by atomic mass is 79.9. The molecular formula is C13H15BrN2O2. The highest BCUT2D eigenvalue weighted by Crippen LogP contribution is 2.32. The molecule has 1 heterocycles. The van der Waals surface area contributed by atoms with Gasteiger partial charge in [0.2, 0.25) is 0 Å². The molecular weight excluding hydrogens is 296 g/mol. The molecule has 1 aromatic carbocycles. The van der Waals surface area contributed by atoms with E-state index in [9.17, 15) is 5.11 Å². The summed E-state index contributed by atoms with van der Waals surface area (Å²) in [7, 11) is 1.59. The van der Waals surface area contributed by atoms with Gasteiger partial charge in [-0.2, -0.15) is 5.10 Å². The largest absolute Gasteiger partial charge is 0.496 e. The average Bonchev–Trinajstić information content (AvgIpc) is 2.86. The summed E-state index contributed by atoms with van der Waals surface area (Å²) in [6, 6.07) is 7.38. The molecule has 96 valence electrons. The van der Waals surface area contributed by atoms with Crippen LogP contribution in [-0.2, 0) is 6.54 Å². The van der Waals surface area contributed by atoms with Gasteiger partial charge in [0.05, 0.1) is 12.8 Å². The van der Waals surface area contributed by atoms with Crippen molar-refractivity contribution in [3.63, 3.8) is 0 Å². The van der Waals surface area contributed by atoms with Crippen molar-refractivity contribution < 1.29 is 9.84 Å². The number of hydrogen-bond donors (Lipinski definition) is 1. The number of aliphatic hydroxyl groups excluding tert-OH is 1. The van der Waals surface area contributed by atoms with Crippen LogP contribution in [-0.4, -0.2) is 22.0 Å². The van der Waals surface area contributed by atoms with Crippen LogP contribution in [0.4, 0.5) is 0 Å². The molecule has 1 atom stereocenters. The first-order valence-corrected chi connectivity index (χ1v) is 6.50. The second kappa shape index (κ2) is 5.54. The number of aromatic nitrogens is 2. The van der Waals surface area contributed by atoms with Crippen LogP contribution < -0.4 is 4.74 Å². The first-order chi connectivity index (χ1) is 8.67. The van der Waals surface area contributed by atoms with Crippen LogP contribution >= 0.6 is 15.9 Å². The summed E-state index contributed by atoms with van der Waals surface area (Å²) in [6.07, 6.45) is 0.937. The molecule has 0 saturated heterocycles. The maximum Gasteiger partial charge on any atom is 0.125 e. The minimum Gasteiger partial charge on any atom is -0.496 e. The van der Waals surface area contributed by atoms with E-state index in [1.54, 1.807) is 18.0 Å². The molecule has 0 bridgehead atoms. The fourth-order valence-electron chi connectivity index (χ4n) is 1.92. The number of nitrogens with zero attached hydrogens (tertiary/aromatic N) is 2. The predicted octanol–water partition coefficient (Wildman–Crippen LogP) is 2.76. The van der Waals surface area contributed by atoms with Crippen molar-refractivity contribution in [3.05, 3.63) is 46.2 Å². The van der Waals surface area contributed by atoms with Gasteiger partial charge in [-0.1, -0.05) is 15.9 Å². The Morgan fingerprint density at radius 2 is 2.22 bits per heavy atom. The topological polar surface area (TPSA) is 47.3 Å². The highest BCUT2D eigenvalue weighted by Gasteiger charge is 2.19. The maximum atomic E-state index is 10.5. The molecule has 0 spiro atoms. The smallest absolute Gasteiger partial charge is 0.125 e. The zero-order chi connectivity index (χ0) is 13.1. The van der Waals surface area contributed by atoms with Gasteiger partial charge in [-0.15, -0.1) is 0 Å². The average molecular weight is 311 g/mol. The van der Waals surface area contributed by atoms with Crippen molar-refractivity contribution in [1.29, 1.82) is 0 Å². The first-order valence-electron chi connectivity index (χ1n) is 5.70. The fourth-order valence-corrected chi connectivity index (χ4v) is 2.30. The summed E-state index contributed by atoms with van der Waals surface area (Å²) >= 11 is 3.40. The second-order valence-electron chi connectivity index (χ2n) is 3.86. The zero-order valence-corrected chi connectivity index (χ0v) is 11.9. The Labute approximate surface area is 114 Å². The summed E-state index contributed by atoms with van der Waals surface area (Å²) in [6.45, 7) is 2.71. The van der Waals surface area contributed by atoms with Crippen LogP contribution in [0.5, 0.6) is 5.75 Å². The summed E-state index contributed by atoms with van der Waals surface area (Å²) in [5, 5.41) is 14.6. The molecule has 0 fully saturated rings. The third kappa shape index (κ3) is 2.42. The molecule has 0 saturated carbocycles. The van der Waals surface area contributed by atoms with Gasteiger partial charge in [0.15, 0.2) is 0 Å². The number of methoxy groups -OCH3 is 1. The molecule has 0 aliphatic heterocycles. The minimum absolute atomic E-state index is 0.662. The first kappa shape index (κ1) is 13.1.